The number of rotatable bonds is 4. The Morgan fingerprint density at radius 2 is 1.81 bits per heavy atom. The molecule has 92 valence electrons. The Morgan fingerprint density at radius 1 is 1.19 bits per heavy atom. The SMILES string of the molecule is CC(=O)NCC(=O)NCC1(O)CCCCC1. The van der Waals surface area contributed by atoms with Crippen molar-refractivity contribution in [3.8, 4) is 0 Å². The van der Waals surface area contributed by atoms with E-state index in [1.54, 1.807) is 0 Å². The van der Waals surface area contributed by atoms with Gasteiger partial charge in [0.05, 0.1) is 12.1 Å². The van der Waals surface area contributed by atoms with E-state index in [-0.39, 0.29) is 24.9 Å². The van der Waals surface area contributed by atoms with Crippen LogP contribution in [0.3, 0.4) is 0 Å². The summed E-state index contributed by atoms with van der Waals surface area (Å²) < 4.78 is 0. The standard InChI is InChI=1S/C11H20N2O3/c1-9(14)12-7-10(15)13-8-11(16)5-3-2-4-6-11/h16H,2-8H2,1H3,(H,12,14)(H,13,15). The molecule has 0 unspecified atom stereocenters. The fraction of sp³-hybridized carbons (Fsp3) is 0.818. The summed E-state index contributed by atoms with van der Waals surface area (Å²) in [7, 11) is 0. The van der Waals surface area contributed by atoms with Crippen LogP contribution >= 0.6 is 0 Å². The number of hydrogen-bond acceptors (Lipinski definition) is 3. The molecule has 0 aromatic carbocycles. The normalized spacial score (nSPS) is 18.9. The van der Waals surface area contributed by atoms with Crippen molar-refractivity contribution in [3.63, 3.8) is 0 Å². The Bertz CT molecular complexity index is 260. The van der Waals surface area contributed by atoms with Crippen LogP contribution in [-0.2, 0) is 9.59 Å². The summed E-state index contributed by atoms with van der Waals surface area (Å²) in [5.41, 5.74) is -0.746. The molecule has 0 bridgehead atoms. The summed E-state index contributed by atoms with van der Waals surface area (Å²) in [5.74, 6) is -0.485. The van der Waals surface area contributed by atoms with Gasteiger partial charge in [0.1, 0.15) is 0 Å². The predicted molar refractivity (Wildman–Crippen MR) is 59.7 cm³/mol. The van der Waals surface area contributed by atoms with Gasteiger partial charge in [0.15, 0.2) is 0 Å². The minimum Gasteiger partial charge on any atom is -0.388 e. The van der Waals surface area contributed by atoms with E-state index < -0.39 is 5.60 Å². The van der Waals surface area contributed by atoms with Crippen LogP contribution in [0.15, 0.2) is 0 Å². The van der Waals surface area contributed by atoms with Crippen molar-refractivity contribution in [2.24, 2.45) is 0 Å². The number of aliphatic hydroxyl groups is 1. The second-order valence-corrected chi connectivity index (χ2v) is 4.47. The fourth-order valence-corrected chi connectivity index (χ4v) is 1.92. The van der Waals surface area contributed by atoms with Crippen molar-refractivity contribution in [2.45, 2.75) is 44.6 Å². The van der Waals surface area contributed by atoms with Crippen molar-refractivity contribution in [2.75, 3.05) is 13.1 Å². The van der Waals surface area contributed by atoms with Crippen LogP contribution in [0.4, 0.5) is 0 Å². The highest BCUT2D eigenvalue weighted by Gasteiger charge is 2.29. The number of hydrogen-bond donors (Lipinski definition) is 3. The molecule has 1 saturated carbocycles. The quantitative estimate of drug-likeness (QED) is 0.630. The zero-order valence-electron chi connectivity index (χ0n) is 9.71. The van der Waals surface area contributed by atoms with E-state index in [0.717, 1.165) is 32.1 Å². The van der Waals surface area contributed by atoms with Crippen molar-refractivity contribution in [1.29, 1.82) is 0 Å². The Kier molecular flexibility index (Phi) is 4.73. The van der Waals surface area contributed by atoms with Gasteiger partial charge in [-0.2, -0.15) is 0 Å². The van der Waals surface area contributed by atoms with E-state index >= 15 is 0 Å². The molecular formula is C11H20N2O3. The summed E-state index contributed by atoms with van der Waals surface area (Å²) in [6.07, 6.45) is 4.67. The monoisotopic (exact) mass is 228 g/mol. The topological polar surface area (TPSA) is 78.4 Å². The van der Waals surface area contributed by atoms with Crippen molar-refractivity contribution in [1.82, 2.24) is 10.6 Å². The molecule has 0 aliphatic heterocycles. The van der Waals surface area contributed by atoms with Gasteiger partial charge in [-0.15, -0.1) is 0 Å². The average Bonchev–Trinajstić information content (AvgIpc) is 2.25. The number of nitrogens with one attached hydrogen (secondary N) is 2. The Balaban J connectivity index is 2.22. The largest absolute Gasteiger partial charge is 0.388 e. The zero-order chi connectivity index (χ0) is 12.0. The van der Waals surface area contributed by atoms with Gasteiger partial charge in [0, 0.05) is 13.5 Å². The Morgan fingerprint density at radius 3 is 2.38 bits per heavy atom. The van der Waals surface area contributed by atoms with E-state index in [2.05, 4.69) is 10.6 Å². The summed E-state index contributed by atoms with van der Waals surface area (Å²) in [5, 5.41) is 15.2. The van der Waals surface area contributed by atoms with Gasteiger partial charge in [0.25, 0.3) is 0 Å². The van der Waals surface area contributed by atoms with Crippen molar-refractivity contribution >= 4 is 11.8 Å². The molecular weight excluding hydrogens is 208 g/mol. The van der Waals surface area contributed by atoms with Gasteiger partial charge < -0.3 is 15.7 Å². The molecule has 0 aromatic rings. The minimum absolute atomic E-state index is 0.0224. The highest BCUT2D eigenvalue weighted by atomic mass is 16.3. The van der Waals surface area contributed by atoms with Gasteiger partial charge in [-0.1, -0.05) is 19.3 Å². The molecule has 5 nitrogen and oxygen atoms in total. The maximum absolute atomic E-state index is 11.3. The third-order valence-electron chi connectivity index (χ3n) is 2.90. The lowest BCUT2D eigenvalue weighted by molar-refractivity contribution is -0.125. The molecule has 0 saturated heterocycles. The molecule has 0 atom stereocenters. The van der Waals surface area contributed by atoms with Crippen LogP contribution in [0.25, 0.3) is 0 Å². The molecule has 1 fully saturated rings. The minimum atomic E-state index is -0.746. The second-order valence-electron chi connectivity index (χ2n) is 4.47. The molecule has 16 heavy (non-hydrogen) atoms. The van der Waals surface area contributed by atoms with E-state index in [1.165, 1.54) is 6.92 Å². The van der Waals surface area contributed by atoms with Crippen molar-refractivity contribution in [3.05, 3.63) is 0 Å². The van der Waals surface area contributed by atoms with Crippen LogP contribution in [0, 0.1) is 0 Å². The molecule has 1 aliphatic rings. The lowest BCUT2D eigenvalue weighted by Gasteiger charge is -2.32. The summed E-state index contributed by atoms with van der Waals surface area (Å²) in [6, 6.07) is 0. The highest BCUT2D eigenvalue weighted by molar-refractivity contribution is 5.83. The predicted octanol–water partition coefficient (Wildman–Crippen LogP) is -0.0661. The number of carbonyl (C=O) groups excluding carboxylic acids is 2. The van der Waals surface area contributed by atoms with Crippen LogP contribution in [0.1, 0.15) is 39.0 Å². The van der Waals surface area contributed by atoms with E-state index in [1.807, 2.05) is 0 Å². The summed E-state index contributed by atoms with van der Waals surface area (Å²) in [6.45, 7) is 1.62. The Labute approximate surface area is 95.6 Å². The highest BCUT2D eigenvalue weighted by Crippen LogP contribution is 2.27. The van der Waals surface area contributed by atoms with E-state index in [0.29, 0.717) is 0 Å². The first-order valence-electron chi connectivity index (χ1n) is 5.75. The summed E-state index contributed by atoms with van der Waals surface area (Å²) >= 11 is 0. The molecule has 1 aliphatic carbocycles. The molecule has 0 radical (unpaired) electrons. The van der Waals surface area contributed by atoms with Gasteiger partial charge in [0.2, 0.25) is 11.8 Å². The van der Waals surface area contributed by atoms with Crippen LogP contribution < -0.4 is 10.6 Å². The lowest BCUT2D eigenvalue weighted by atomic mass is 9.85. The smallest absolute Gasteiger partial charge is 0.239 e. The first kappa shape index (κ1) is 13.0. The molecule has 1 rings (SSSR count). The van der Waals surface area contributed by atoms with Crippen LogP contribution in [0.2, 0.25) is 0 Å². The first-order chi connectivity index (χ1) is 7.52. The summed E-state index contributed by atoms with van der Waals surface area (Å²) in [4.78, 5) is 21.9. The van der Waals surface area contributed by atoms with Crippen LogP contribution in [-0.4, -0.2) is 35.6 Å². The molecule has 0 heterocycles. The Hall–Kier alpha value is -1.10. The average molecular weight is 228 g/mol. The second kappa shape index (κ2) is 5.84. The zero-order valence-corrected chi connectivity index (χ0v) is 9.71. The molecule has 0 spiro atoms. The van der Waals surface area contributed by atoms with Gasteiger partial charge in [-0.05, 0) is 12.8 Å². The number of carbonyl (C=O) groups is 2. The third kappa shape index (κ3) is 4.61. The maximum Gasteiger partial charge on any atom is 0.239 e. The molecule has 2 amide bonds. The molecule has 3 N–H and O–H groups in total. The lowest BCUT2D eigenvalue weighted by Crippen LogP contribution is -2.46. The maximum atomic E-state index is 11.3. The van der Waals surface area contributed by atoms with Gasteiger partial charge in [-0.25, -0.2) is 0 Å². The number of amides is 2. The van der Waals surface area contributed by atoms with E-state index in [4.69, 9.17) is 0 Å². The third-order valence-corrected chi connectivity index (χ3v) is 2.90. The van der Waals surface area contributed by atoms with E-state index in [9.17, 15) is 14.7 Å². The first-order valence-corrected chi connectivity index (χ1v) is 5.75. The van der Waals surface area contributed by atoms with Crippen molar-refractivity contribution < 1.29 is 14.7 Å². The van der Waals surface area contributed by atoms with Gasteiger partial charge >= 0.3 is 0 Å². The van der Waals surface area contributed by atoms with Gasteiger partial charge in [-0.3, -0.25) is 9.59 Å². The van der Waals surface area contributed by atoms with Crippen LogP contribution in [0.5, 0.6) is 0 Å². The molecule has 5 heteroatoms. The molecule has 0 aromatic heterocycles. The fourth-order valence-electron chi connectivity index (χ4n) is 1.92.